The maximum Gasteiger partial charge on any atom is 0.121 e. The molecule has 0 heterocycles. The van der Waals surface area contributed by atoms with Gasteiger partial charge in [0.25, 0.3) is 0 Å². The Kier molecular flexibility index (Phi) is 4.25. The van der Waals surface area contributed by atoms with Crippen LogP contribution in [-0.4, -0.2) is 44.0 Å². The predicted molar refractivity (Wildman–Crippen MR) is 47.2 cm³/mol. The number of hydrogen-bond acceptors (Lipinski definition) is 3. The van der Waals surface area contributed by atoms with E-state index in [-0.39, 0.29) is 0 Å². The Balaban J connectivity index is 2.13. The van der Waals surface area contributed by atoms with Crippen LogP contribution in [0.1, 0.15) is 19.3 Å². The molecule has 0 bridgehead atoms. The maximum atomic E-state index is 10.2. The quantitative estimate of drug-likeness (QED) is 0.528. The zero-order chi connectivity index (χ0) is 8.81. The van der Waals surface area contributed by atoms with Gasteiger partial charge in [0.15, 0.2) is 0 Å². The lowest BCUT2D eigenvalue weighted by Gasteiger charge is -2.19. The van der Waals surface area contributed by atoms with Crippen LogP contribution in [0.25, 0.3) is 0 Å². The number of hydrogen-bond donors (Lipinski definition) is 0. The summed E-state index contributed by atoms with van der Waals surface area (Å²) in [7, 11) is 1.71. The molecule has 0 unspecified atom stereocenters. The summed E-state index contributed by atoms with van der Waals surface area (Å²) in [5, 5.41) is 0. The Hall–Kier alpha value is -0.410. The van der Waals surface area contributed by atoms with Gasteiger partial charge >= 0.3 is 0 Å². The van der Waals surface area contributed by atoms with Crippen molar-refractivity contribution in [2.75, 3.05) is 26.8 Å². The summed E-state index contributed by atoms with van der Waals surface area (Å²) in [5.41, 5.74) is 0. The minimum atomic E-state index is 0.653. The first-order chi connectivity index (χ1) is 5.88. The lowest BCUT2D eigenvalue weighted by molar-refractivity contribution is -0.108. The van der Waals surface area contributed by atoms with Crippen molar-refractivity contribution in [1.29, 1.82) is 0 Å². The van der Waals surface area contributed by atoms with Gasteiger partial charge in [0.2, 0.25) is 0 Å². The summed E-state index contributed by atoms with van der Waals surface area (Å²) in [6.45, 7) is 2.64. The third kappa shape index (κ3) is 3.32. The second-order valence-electron chi connectivity index (χ2n) is 3.22. The van der Waals surface area contributed by atoms with E-state index in [1.165, 1.54) is 12.8 Å². The molecule has 1 aliphatic rings. The fourth-order valence-electron chi connectivity index (χ4n) is 1.34. The molecule has 0 N–H and O–H groups in total. The van der Waals surface area contributed by atoms with Crippen LogP contribution in [0.3, 0.4) is 0 Å². The molecule has 0 aliphatic heterocycles. The molecule has 1 saturated carbocycles. The Labute approximate surface area is 73.7 Å². The molecule has 1 fully saturated rings. The van der Waals surface area contributed by atoms with E-state index < -0.39 is 0 Å². The third-order valence-electron chi connectivity index (χ3n) is 2.18. The highest BCUT2D eigenvalue weighted by Gasteiger charge is 2.27. The van der Waals surface area contributed by atoms with Crippen LogP contribution in [0.2, 0.25) is 0 Å². The van der Waals surface area contributed by atoms with Gasteiger partial charge < -0.3 is 9.53 Å². The Bertz CT molecular complexity index is 134. The first-order valence-corrected chi connectivity index (χ1v) is 4.55. The minimum Gasteiger partial charge on any atom is -0.383 e. The molecular formula is C9H17NO2. The topological polar surface area (TPSA) is 29.5 Å². The zero-order valence-corrected chi connectivity index (χ0v) is 7.66. The normalized spacial score (nSPS) is 16.8. The average molecular weight is 171 g/mol. The van der Waals surface area contributed by atoms with E-state index in [4.69, 9.17) is 4.74 Å². The van der Waals surface area contributed by atoms with Gasteiger partial charge in [-0.15, -0.1) is 0 Å². The van der Waals surface area contributed by atoms with Crippen molar-refractivity contribution in [2.45, 2.75) is 25.3 Å². The van der Waals surface area contributed by atoms with Crippen molar-refractivity contribution in [3.8, 4) is 0 Å². The largest absolute Gasteiger partial charge is 0.383 e. The van der Waals surface area contributed by atoms with Crippen LogP contribution >= 0.6 is 0 Å². The van der Waals surface area contributed by atoms with Crippen LogP contribution in [0.15, 0.2) is 0 Å². The summed E-state index contributed by atoms with van der Waals surface area (Å²) < 4.78 is 5.00. The van der Waals surface area contributed by atoms with Gasteiger partial charge in [-0.3, -0.25) is 4.90 Å². The summed E-state index contributed by atoms with van der Waals surface area (Å²) in [6.07, 6.45) is 4.23. The SMILES string of the molecule is COCCN(CCC=O)C1CC1. The monoisotopic (exact) mass is 171 g/mol. The summed E-state index contributed by atoms with van der Waals surface area (Å²) >= 11 is 0. The van der Waals surface area contributed by atoms with Crippen molar-refractivity contribution >= 4 is 6.29 Å². The molecule has 1 aliphatic carbocycles. The molecule has 0 aromatic rings. The smallest absolute Gasteiger partial charge is 0.121 e. The lowest BCUT2D eigenvalue weighted by atomic mass is 10.4. The number of rotatable bonds is 7. The summed E-state index contributed by atoms with van der Waals surface area (Å²) in [6, 6.07) is 0.736. The van der Waals surface area contributed by atoms with Crippen LogP contribution in [0.5, 0.6) is 0 Å². The Morgan fingerprint density at radius 1 is 1.50 bits per heavy atom. The fraction of sp³-hybridized carbons (Fsp3) is 0.889. The third-order valence-corrected chi connectivity index (χ3v) is 2.18. The number of aldehydes is 1. The maximum absolute atomic E-state index is 10.2. The van der Waals surface area contributed by atoms with Crippen LogP contribution in [-0.2, 0) is 9.53 Å². The van der Waals surface area contributed by atoms with E-state index in [0.29, 0.717) is 6.42 Å². The van der Waals surface area contributed by atoms with Crippen LogP contribution in [0, 0.1) is 0 Å². The number of methoxy groups -OCH3 is 1. The molecule has 3 nitrogen and oxygen atoms in total. The number of nitrogens with zero attached hydrogens (tertiary/aromatic N) is 1. The number of carbonyl (C=O) groups is 1. The fourth-order valence-corrected chi connectivity index (χ4v) is 1.34. The van der Waals surface area contributed by atoms with Crippen LogP contribution < -0.4 is 0 Å². The average Bonchev–Trinajstić information content (AvgIpc) is 2.88. The van der Waals surface area contributed by atoms with E-state index in [2.05, 4.69) is 4.90 Å². The predicted octanol–water partition coefficient (Wildman–Crippen LogP) is 0.686. The molecule has 0 spiro atoms. The van der Waals surface area contributed by atoms with Crippen molar-refractivity contribution in [3.05, 3.63) is 0 Å². The highest BCUT2D eigenvalue weighted by molar-refractivity contribution is 5.49. The van der Waals surface area contributed by atoms with Crippen molar-refractivity contribution < 1.29 is 9.53 Å². The van der Waals surface area contributed by atoms with Crippen molar-refractivity contribution in [3.63, 3.8) is 0 Å². The van der Waals surface area contributed by atoms with E-state index in [0.717, 1.165) is 32.0 Å². The van der Waals surface area contributed by atoms with E-state index in [9.17, 15) is 4.79 Å². The van der Waals surface area contributed by atoms with Gasteiger partial charge in [-0.05, 0) is 12.8 Å². The molecule has 0 aromatic heterocycles. The van der Waals surface area contributed by atoms with Gasteiger partial charge in [-0.2, -0.15) is 0 Å². The molecule has 0 amide bonds. The van der Waals surface area contributed by atoms with Crippen LogP contribution in [0.4, 0.5) is 0 Å². The molecule has 1 rings (SSSR count). The van der Waals surface area contributed by atoms with Crippen molar-refractivity contribution in [1.82, 2.24) is 4.90 Å². The molecule has 0 saturated heterocycles. The minimum absolute atomic E-state index is 0.653. The van der Waals surface area contributed by atoms with E-state index in [1.54, 1.807) is 7.11 Å². The first kappa shape index (κ1) is 9.68. The highest BCUT2D eigenvalue weighted by Crippen LogP contribution is 2.26. The molecule has 0 radical (unpaired) electrons. The first-order valence-electron chi connectivity index (χ1n) is 4.55. The Morgan fingerprint density at radius 2 is 2.25 bits per heavy atom. The second-order valence-corrected chi connectivity index (χ2v) is 3.22. The summed E-state index contributed by atoms with van der Waals surface area (Å²) in [4.78, 5) is 12.5. The van der Waals surface area contributed by atoms with Gasteiger partial charge in [0, 0.05) is 32.7 Å². The van der Waals surface area contributed by atoms with Gasteiger partial charge in [0.1, 0.15) is 6.29 Å². The highest BCUT2D eigenvalue weighted by atomic mass is 16.5. The van der Waals surface area contributed by atoms with Crippen molar-refractivity contribution in [2.24, 2.45) is 0 Å². The summed E-state index contributed by atoms with van der Waals surface area (Å²) in [5.74, 6) is 0. The van der Waals surface area contributed by atoms with Gasteiger partial charge in [0.05, 0.1) is 6.61 Å². The molecule has 0 atom stereocenters. The standard InChI is InChI=1S/C9H17NO2/c1-12-8-6-10(5-2-7-11)9-3-4-9/h7,9H,2-6,8H2,1H3. The number of ether oxygens (including phenoxy) is 1. The molecule has 3 heteroatoms. The van der Waals surface area contributed by atoms with Gasteiger partial charge in [-0.25, -0.2) is 0 Å². The Morgan fingerprint density at radius 3 is 2.75 bits per heavy atom. The van der Waals surface area contributed by atoms with E-state index in [1.807, 2.05) is 0 Å². The molecule has 12 heavy (non-hydrogen) atoms. The van der Waals surface area contributed by atoms with E-state index >= 15 is 0 Å². The molecule has 70 valence electrons. The van der Waals surface area contributed by atoms with Gasteiger partial charge in [-0.1, -0.05) is 0 Å². The molecule has 0 aromatic carbocycles. The lowest BCUT2D eigenvalue weighted by Crippen LogP contribution is -2.30. The number of carbonyl (C=O) groups excluding carboxylic acids is 1. The molecular weight excluding hydrogens is 154 g/mol. The second kappa shape index (κ2) is 5.27. The zero-order valence-electron chi connectivity index (χ0n) is 7.66.